The molecule has 6 nitrogen and oxygen atoms in total. The number of hydrogen-bond acceptors (Lipinski definition) is 3. The molecule has 0 atom stereocenters. The van der Waals surface area contributed by atoms with Gasteiger partial charge in [0.05, 0.1) is 11.9 Å². The van der Waals surface area contributed by atoms with Gasteiger partial charge in [0.2, 0.25) is 5.91 Å². The molecule has 4 rings (SSSR count). The van der Waals surface area contributed by atoms with E-state index in [2.05, 4.69) is 17.2 Å². The number of likely N-dealkylation sites (tertiary alicyclic amines) is 1. The van der Waals surface area contributed by atoms with Crippen molar-refractivity contribution in [1.82, 2.24) is 14.5 Å². The summed E-state index contributed by atoms with van der Waals surface area (Å²) in [6.45, 7) is 5.24. The van der Waals surface area contributed by atoms with Gasteiger partial charge in [-0.2, -0.15) is 0 Å². The summed E-state index contributed by atoms with van der Waals surface area (Å²) in [7, 11) is 0. The lowest BCUT2D eigenvalue weighted by Gasteiger charge is -2.31. The van der Waals surface area contributed by atoms with Gasteiger partial charge in [0.1, 0.15) is 5.69 Å². The molecule has 154 valence electrons. The van der Waals surface area contributed by atoms with Crippen LogP contribution in [0.25, 0.3) is 5.69 Å². The van der Waals surface area contributed by atoms with Gasteiger partial charge in [0, 0.05) is 37.1 Å². The van der Waals surface area contributed by atoms with Crippen LogP contribution < -0.4 is 5.32 Å². The monoisotopic (exact) mass is 402 g/mol. The lowest BCUT2D eigenvalue weighted by Crippen LogP contribution is -2.42. The predicted octanol–water partition coefficient (Wildman–Crippen LogP) is 3.98. The number of piperidine rings is 1. The predicted molar refractivity (Wildman–Crippen MR) is 117 cm³/mol. The normalized spacial score (nSPS) is 14.5. The van der Waals surface area contributed by atoms with Crippen LogP contribution in [0.15, 0.2) is 61.1 Å². The number of benzene rings is 1. The molecule has 0 radical (unpaired) electrons. The van der Waals surface area contributed by atoms with Crippen molar-refractivity contribution in [2.75, 3.05) is 18.4 Å². The van der Waals surface area contributed by atoms with Crippen molar-refractivity contribution in [3.63, 3.8) is 0 Å². The molecule has 0 saturated carbocycles. The highest BCUT2D eigenvalue weighted by atomic mass is 16.2. The molecular weight excluding hydrogens is 376 g/mol. The number of carbonyl (C=O) groups excluding carboxylic acids is 2. The van der Waals surface area contributed by atoms with Crippen molar-refractivity contribution < 1.29 is 9.59 Å². The van der Waals surface area contributed by atoms with E-state index in [0.717, 1.165) is 16.9 Å². The second-order valence-corrected chi connectivity index (χ2v) is 7.83. The molecule has 3 heterocycles. The molecule has 1 saturated heterocycles. The first-order valence-corrected chi connectivity index (χ1v) is 10.3. The van der Waals surface area contributed by atoms with E-state index >= 15 is 0 Å². The van der Waals surface area contributed by atoms with Gasteiger partial charge in [-0.05, 0) is 74.2 Å². The van der Waals surface area contributed by atoms with Gasteiger partial charge in [-0.25, -0.2) is 0 Å². The maximum absolute atomic E-state index is 13.1. The zero-order valence-corrected chi connectivity index (χ0v) is 17.3. The third-order valence-corrected chi connectivity index (χ3v) is 5.82. The van der Waals surface area contributed by atoms with Gasteiger partial charge in [-0.3, -0.25) is 14.6 Å². The molecule has 2 amide bonds. The Bertz CT molecular complexity index is 1050. The summed E-state index contributed by atoms with van der Waals surface area (Å²) in [6, 6.07) is 13.4. The molecule has 1 N–H and O–H groups in total. The Hall–Kier alpha value is -3.41. The number of carbonyl (C=O) groups is 2. The highest BCUT2D eigenvalue weighted by Gasteiger charge is 2.29. The number of amides is 2. The fraction of sp³-hybridized carbons (Fsp3) is 0.292. The second kappa shape index (κ2) is 8.53. The summed E-state index contributed by atoms with van der Waals surface area (Å²) >= 11 is 0. The van der Waals surface area contributed by atoms with E-state index in [4.69, 9.17) is 0 Å². The summed E-state index contributed by atoms with van der Waals surface area (Å²) in [5.74, 6) is -0.0678. The van der Waals surface area contributed by atoms with E-state index in [9.17, 15) is 9.59 Å². The molecule has 0 bridgehead atoms. The number of nitrogens with one attached hydrogen (secondary N) is 1. The molecule has 0 spiro atoms. The van der Waals surface area contributed by atoms with Crippen molar-refractivity contribution in [2.24, 2.45) is 5.92 Å². The van der Waals surface area contributed by atoms with Crippen LogP contribution in [0.3, 0.4) is 0 Å². The van der Waals surface area contributed by atoms with Gasteiger partial charge in [-0.15, -0.1) is 0 Å². The summed E-state index contributed by atoms with van der Waals surface area (Å²) in [5.41, 5.74) is 4.66. The minimum Gasteiger partial charge on any atom is -0.337 e. The maximum Gasteiger partial charge on any atom is 0.270 e. The highest BCUT2D eigenvalue weighted by Crippen LogP contribution is 2.23. The third kappa shape index (κ3) is 4.13. The van der Waals surface area contributed by atoms with Gasteiger partial charge in [0.25, 0.3) is 5.91 Å². The zero-order valence-electron chi connectivity index (χ0n) is 17.3. The summed E-state index contributed by atoms with van der Waals surface area (Å²) in [4.78, 5) is 31.7. The summed E-state index contributed by atoms with van der Waals surface area (Å²) in [6.07, 6.45) is 6.64. The van der Waals surface area contributed by atoms with Crippen LogP contribution in [-0.4, -0.2) is 39.4 Å². The smallest absolute Gasteiger partial charge is 0.270 e. The fourth-order valence-electron chi connectivity index (χ4n) is 3.85. The van der Waals surface area contributed by atoms with Crippen LogP contribution >= 0.6 is 0 Å². The van der Waals surface area contributed by atoms with E-state index in [1.165, 1.54) is 5.56 Å². The number of aryl methyl sites for hydroxylation is 2. The number of anilines is 1. The lowest BCUT2D eigenvalue weighted by molar-refractivity contribution is -0.121. The number of aromatic nitrogens is 2. The Kier molecular flexibility index (Phi) is 5.65. The molecule has 1 fully saturated rings. The fourth-order valence-corrected chi connectivity index (χ4v) is 3.85. The molecule has 1 aromatic carbocycles. The van der Waals surface area contributed by atoms with E-state index in [1.54, 1.807) is 12.4 Å². The van der Waals surface area contributed by atoms with E-state index < -0.39 is 0 Å². The number of hydrogen-bond donors (Lipinski definition) is 1. The van der Waals surface area contributed by atoms with Gasteiger partial charge in [-0.1, -0.05) is 6.07 Å². The Balaban J connectivity index is 1.38. The van der Waals surface area contributed by atoms with E-state index in [1.807, 2.05) is 65.1 Å². The quantitative estimate of drug-likeness (QED) is 0.718. The largest absolute Gasteiger partial charge is 0.337 e. The van der Waals surface area contributed by atoms with Crippen molar-refractivity contribution in [3.8, 4) is 5.69 Å². The minimum absolute atomic E-state index is 0.0168. The average Bonchev–Trinajstić information content (AvgIpc) is 3.26. The van der Waals surface area contributed by atoms with Crippen molar-refractivity contribution in [1.29, 1.82) is 0 Å². The van der Waals surface area contributed by atoms with Gasteiger partial charge >= 0.3 is 0 Å². The topological polar surface area (TPSA) is 67.2 Å². The molecule has 6 heteroatoms. The highest BCUT2D eigenvalue weighted by molar-refractivity contribution is 5.95. The molecule has 3 aromatic rings. The Morgan fingerprint density at radius 1 is 1.03 bits per heavy atom. The second-order valence-electron chi connectivity index (χ2n) is 7.83. The maximum atomic E-state index is 13.1. The molecule has 0 aliphatic carbocycles. The third-order valence-electron chi connectivity index (χ3n) is 5.82. The molecule has 2 aromatic heterocycles. The van der Waals surface area contributed by atoms with Gasteiger partial charge < -0.3 is 14.8 Å². The van der Waals surface area contributed by atoms with E-state index in [0.29, 0.717) is 31.6 Å². The zero-order chi connectivity index (χ0) is 21.1. The number of nitrogens with zero attached hydrogens (tertiary/aromatic N) is 3. The van der Waals surface area contributed by atoms with Gasteiger partial charge in [0.15, 0.2) is 0 Å². The SMILES string of the molecule is Cc1ccc(NC(=O)C2CCN(C(=O)c3cccn3-c3cccnc3)CC2)cc1C. The molecule has 30 heavy (non-hydrogen) atoms. The molecule has 0 unspecified atom stereocenters. The average molecular weight is 402 g/mol. The first kappa shape index (κ1) is 19.9. The van der Waals surface area contributed by atoms with Crippen LogP contribution in [0.4, 0.5) is 5.69 Å². The number of pyridine rings is 1. The first-order chi connectivity index (χ1) is 14.5. The van der Waals surface area contributed by atoms with Crippen LogP contribution in [0.5, 0.6) is 0 Å². The van der Waals surface area contributed by atoms with Crippen molar-refractivity contribution in [2.45, 2.75) is 26.7 Å². The van der Waals surface area contributed by atoms with Crippen LogP contribution in [0.1, 0.15) is 34.5 Å². The molecular formula is C24H26N4O2. The van der Waals surface area contributed by atoms with Crippen LogP contribution in [0.2, 0.25) is 0 Å². The Labute approximate surface area is 176 Å². The first-order valence-electron chi connectivity index (χ1n) is 10.3. The Morgan fingerprint density at radius 3 is 2.53 bits per heavy atom. The number of rotatable bonds is 4. The van der Waals surface area contributed by atoms with Crippen molar-refractivity contribution >= 4 is 17.5 Å². The summed E-state index contributed by atoms with van der Waals surface area (Å²) < 4.78 is 1.86. The van der Waals surface area contributed by atoms with E-state index in [-0.39, 0.29) is 17.7 Å². The molecule has 1 aliphatic heterocycles. The van der Waals surface area contributed by atoms with Crippen LogP contribution in [-0.2, 0) is 4.79 Å². The minimum atomic E-state index is -0.0826. The lowest BCUT2D eigenvalue weighted by atomic mass is 9.95. The van der Waals surface area contributed by atoms with Crippen molar-refractivity contribution in [3.05, 3.63) is 77.9 Å². The standard InChI is InChI=1S/C24H26N4O2/c1-17-7-8-20(15-18(17)2)26-23(29)19-9-13-27(14-10-19)24(30)22-6-4-12-28(22)21-5-3-11-25-16-21/h3-8,11-12,15-16,19H,9-10,13-14H2,1-2H3,(H,26,29). The molecule has 1 aliphatic rings. The Morgan fingerprint density at radius 2 is 1.83 bits per heavy atom. The van der Waals surface area contributed by atoms with Crippen LogP contribution in [0, 0.1) is 19.8 Å². The summed E-state index contributed by atoms with van der Waals surface area (Å²) in [5, 5.41) is 3.03.